The first-order chi connectivity index (χ1) is 17.9. The minimum atomic E-state index is -1.98. The Morgan fingerprint density at radius 2 is 0.919 bits per heavy atom. The summed E-state index contributed by atoms with van der Waals surface area (Å²) in [6.07, 6.45) is 0. The second-order valence-electron chi connectivity index (χ2n) is 10.7. The van der Waals surface area contributed by atoms with E-state index in [2.05, 4.69) is 105 Å². The van der Waals surface area contributed by atoms with Gasteiger partial charge in [0.1, 0.15) is 0 Å². The third-order valence-corrected chi connectivity index (χ3v) is 20.4. The molecule has 0 atom stereocenters. The molecular formula is C32H26S4Sn. The Kier molecular flexibility index (Phi) is 5.90. The summed E-state index contributed by atoms with van der Waals surface area (Å²) >= 11 is 5.57. The van der Waals surface area contributed by atoms with E-state index in [0.717, 1.165) is 0 Å². The monoisotopic (exact) mass is 658 g/mol. The van der Waals surface area contributed by atoms with Crippen molar-refractivity contribution in [1.82, 2.24) is 0 Å². The normalized spacial score (nSPS) is 12.3. The van der Waals surface area contributed by atoms with Crippen molar-refractivity contribution in [2.45, 2.75) is 21.7 Å². The van der Waals surface area contributed by atoms with Crippen LogP contribution in [0.25, 0.3) is 61.9 Å². The number of rotatable bonds is 1. The Morgan fingerprint density at radius 3 is 1.46 bits per heavy atom. The molecule has 0 aliphatic carbocycles. The fourth-order valence-electron chi connectivity index (χ4n) is 5.26. The maximum Gasteiger partial charge on any atom is 0.0349 e. The maximum atomic E-state index is 2.50. The molecule has 0 N–H and O–H groups in total. The van der Waals surface area contributed by atoms with Crippen LogP contribution in [-0.2, 0) is 0 Å². The second kappa shape index (κ2) is 9.06. The van der Waals surface area contributed by atoms with Crippen molar-refractivity contribution < 1.29 is 0 Å². The molecule has 0 aliphatic heterocycles. The number of thiophene rings is 4. The molecule has 8 aromatic rings. The summed E-state index contributed by atoms with van der Waals surface area (Å²) in [6, 6.07) is 27.5. The Bertz CT molecular complexity index is 2020. The van der Waals surface area contributed by atoms with Crippen molar-refractivity contribution in [1.29, 1.82) is 0 Å². The zero-order chi connectivity index (χ0) is 25.3. The Balaban J connectivity index is 0.000000129. The van der Waals surface area contributed by atoms with Crippen molar-refractivity contribution in [3.05, 3.63) is 88.4 Å². The zero-order valence-electron chi connectivity index (χ0n) is 21.2. The molecule has 37 heavy (non-hydrogen) atoms. The molecule has 4 aromatic heterocycles. The van der Waals surface area contributed by atoms with E-state index in [-0.39, 0.29) is 0 Å². The summed E-state index contributed by atoms with van der Waals surface area (Å²) in [5.74, 6) is 0. The zero-order valence-corrected chi connectivity index (χ0v) is 27.3. The van der Waals surface area contributed by atoms with Crippen LogP contribution >= 0.6 is 45.3 Å². The molecule has 0 unspecified atom stereocenters. The van der Waals surface area contributed by atoms with Gasteiger partial charge in [0.05, 0.1) is 0 Å². The second-order valence-corrected chi connectivity index (χ2v) is 30.3. The molecule has 5 heteroatoms. The van der Waals surface area contributed by atoms with Gasteiger partial charge in [-0.15, -0.1) is 22.7 Å². The number of hydrogen-bond donors (Lipinski definition) is 0. The van der Waals surface area contributed by atoms with Crippen molar-refractivity contribution >= 4 is 129 Å². The van der Waals surface area contributed by atoms with E-state index < -0.39 is 18.4 Å². The fourth-order valence-corrected chi connectivity index (χ4v) is 14.1. The van der Waals surface area contributed by atoms with Crippen LogP contribution in [0, 0.1) is 6.92 Å². The third-order valence-electron chi connectivity index (χ3n) is 7.12. The predicted molar refractivity (Wildman–Crippen MR) is 177 cm³/mol. The molecule has 182 valence electrons. The summed E-state index contributed by atoms with van der Waals surface area (Å²) in [5, 5.41) is 15.6. The number of hydrogen-bond acceptors (Lipinski definition) is 4. The Morgan fingerprint density at radius 1 is 0.459 bits per heavy atom. The van der Waals surface area contributed by atoms with Crippen molar-refractivity contribution in [2.75, 3.05) is 0 Å². The van der Waals surface area contributed by atoms with Crippen LogP contribution < -0.4 is 2.89 Å². The van der Waals surface area contributed by atoms with Gasteiger partial charge in [-0.25, -0.2) is 0 Å². The van der Waals surface area contributed by atoms with Gasteiger partial charge in [-0.3, -0.25) is 0 Å². The average molecular weight is 658 g/mol. The first-order valence-electron chi connectivity index (χ1n) is 12.5. The summed E-state index contributed by atoms with van der Waals surface area (Å²) in [7, 11) is 0. The van der Waals surface area contributed by atoms with Crippen LogP contribution in [0.1, 0.15) is 4.88 Å². The molecule has 8 rings (SSSR count). The average Bonchev–Trinajstić information content (AvgIpc) is 3.67. The van der Waals surface area contributed by atoms with Gasteiger partial charge in [-0.1, -0.05) is 12.1 Å². The molecule has 0 spiro atoms. The van der Waals surface area contributed by atoms with E-state index in [1.807, 2.05) is 45.3 Å². The minimum Gasteiger partial charge on any atom is -0.144 e. The van der Waals surface area contributed by atoms with Gasteiger partial charge in [0.25, 0.3) is 0 Å². The molecule has 4 heterocycles. The first kappa shape index (κ1) is 24.1. The van der Waals surface area contributed by atoms with E-state index in [1.165, 1.54) is 66.8 Å². The minimum absolute atomic E-state index is 1.38. The van der Waals surface area contributed by atoms with Gasteiger partial charge in [0.15, 0.2) is 0 Å². The van der Waals surface area contributed by atoms with E-state index >= 15 is 0 Å². The van der Waals surface area contributed by atoms with E-state index in [0.29, 0.717) is 0 Å². The molecular weight excluding hydrogens is 631 g/mol. The summed E-state index contributed by atoms with van der Waals surface area (Å²) in [6.45, 7) is 2.20. The smallest absolute Gasteiger partial charge is 0.0349 e. The van der Waals surface area contributed by atoms with Crippen LogP contribution in [0.4, 0.5) is 0 Å². The molecule has 0 aliphatic rings. The summed E-state index contributed by atoms with van der Waals surface area (Å²) in [4.78, 5) is 8.90. The molecule has 0 radical (unpaired) electrons. The molecule has 0 bridgehead atoms. The van der Waals surface area contributed by atoms with Crippen molar-refractivity contribution in [3.8, 4) is 0 Å². The van der Waals surface area contributed by atoms with Crippen LogP contribution in [-0.4, -0.2) is 18.4 Å². The number of aryl methyl sites for hydroxylation is 1. The first-order valence-corrected chi connectivity index (χ1v) is 25.9. The van der Waals surface area contributed by atoms with Crippen LogP contribution in [0.2, 0.25) is 14.8 Å². The molecule has 0 nitrogen and oxygen atoms in total. The molecule has 4 aromatic carbocycles. The molecule has 0 saturated heterocycles. The summed E-state index contributed by atoms with van der Waals surface area (Å²) < 4.78 is 7.29. The standard InChI is InChI=1S/C15H9S2.C14H8S2.3CH3.Sn/c1-9-8-13-11-2-4-14-12(6-7-16-14)10(11)3-5-15(13)17-9;1-3-13-12(6-8-15-13)10-2-4-14-11(9(1)10)5-7-16-14;;;;/h2-6,8H,1H3;1-8H;3*1H3;. The maximum absolute atomic E-state index is 2.50. The Hall–Kier alpha value is -1.96. The molecule has 0 amide bonds. The van der Waals surface area contributed by atoms with E-state index in [1.54, 1.807) is 2.89 Å². The van der Waals surface area contributed by atoms with E-state index in [9.17, 15) is 0 Å². The summed E-state index contributed by atoms with van der Waals surface area (Å²) in [5.41, 5.74) is 0. The van der Waals surface area contributed by atoms with Gasteiger partial charge in [-0.05, 0) is 45.8 Å². The quantitative estimate of drug-likeness (QED) is 0.154. The SMILES string of the molecule is Cc1cc2c(ccc3c4c[c]([Sn]([CH3])([CH3])[CH3])sc4ccc23)s1.c1cc2c(ccc3c4ccsc4ccc23)s1. The fraction of sp³-hybridized carbons (Fsp3) is 0.125. The Labute approximate surface area is 236 Å². The molecule has 0 fully saturated rings. The number of fused-ring (bicyclic) bond motifs is 10. The van der Waals surface area contributed by atoms with Gasteiger partial charge in [0, 0.05) is 20.2 Å². The van der Waals surface area contributed by atoms with Gasteiger partial charge < -0.3 is 0 Å². The third kappa shape index (κ3) is 4.12. The number of benzene rings is 4. The van der Waals surface area contributed by atoms with Crippen LogP contribution in [0.15, 0.2) is 83.6 Å². The van der Waals surface area contributed by atoms with Crippen LogP contribution in [0.5, 0.6) is 0 Å². The van der Waals surface area contributed by atoms with Gasteiger partial charge >= 0.3 is 138 Å². The van der Waals surface area contributed by atoms with Crippen LogP contribution in [0.3, 0.4) is 0 Å². The van der Waals surface area contributed by atoms with Gasteiger partial charge in [0.2, 0.25) is 0 Å². The van der Waals surface area contributed by atoms with E-state index in [4.69, 9.17) is 0 Å². The van der Waals surface area contributed by atoms with Crippen molar-refractivity contribution in [3.63, 3.8) is 0 Å². The topological polar surface area (TPSA) is 0 Å². The molecule has 0 saturated carbocycles. The predicted octanol–water partition coefficient (Wildman–Crippen LogP) is 11.4. The largest absolute Gasteiger partial charge is 0.144 e. The van der Waals surface area contributed by atoms with Crippen molar-refractivity contribution in [2.24, 2.45) is 0 Å². The van der Waals surface area contributed by atoms with Gasteiger partial charge in [-0.2, -0.15) is 0 Å².